The van der Waals surface area contributed by atoms with Gasteiger partial charge < -0.3 is 5.32 Å². The van der Waals surface area contributed by atoms with Gasteiger partial charge in [0.05, 0.1) is 16.6 Å². The third kappa shape index (κ3) is 5.54. The molecule has 0 heterocycles. The molecular weight excluding hydrogens is 480 g/mol. The first kappa shape index (κ1) is 25.3. The van der Waals surface area contributed by atoms with E-state index in [1.54, 1.807) is 43.3 Å². The molecule has 1 amide bonds. The van der Waals surface area contributed by atoms with Gasteiger partial charge in [-0.1, -0.05) is 61.0 Å². The van der Waals surface area contributed by atoms with Crippen LogP contribution in [-0.2, 0) is 27.7 Å². The molecule has 0 saturated heterocycles. The minimum Gasteiger partial charge on any atom is -0.348 e. The number of aryl methyl sites for hydroxylation is 2. The number of carbonyl (C=O) groups excluding carboxylic acids is 1. The molecule has 0 radical (unpaired) electrons. The summed E-state index contributed by atoms with van der Waals surface area (Å²) in [4.78, 5) is 13.4. The number of hydrogen-bond acceptors (Lipinski definition) is 3. The molecule has 184 valence electrons. The van der Waals surface area contributed by atoms with Gasteiger partial charge in [0.1, 0.15) is 6.54 Å². The quantitative estimate of drug-likeness (QED) is 0.404. The summed E-state index contributed by atoms with van der Waals surface area (Å²) in [5.74, 6) is -0.367. The number of hydrogen-bond donors (Lipinski definition) is 1. The topological polar surface area (TPSA) is 66.5 Å². The van der Waals surface area contributed by atoms with Crippen LogP contribution in [0.25, 0.3) is 0 Å². The summed E-state index contributed by atoms with van der Waals surface area (Å²) in [5, 5.41) is 3.51. The Labute approximate surface area is 213 Å². The van der Waals surface area contributed by atoms with Crippen molar-refractivity contribution in [2.75, 3.05) is 10.8 Å². The molecule has 1 N–H and O–H groups in total. The fourth-order valence-electron chi connectivity index (χ4n) is 4.65. The van der Waals surface area contributed by atoms with E-state index in [1.165, 1.54) is 36.1 Å². The number of fused-ring (bicyclic) bond motifs is 1. The number of nitrogens with one attached hydrogen (secondary N) is 1. The summed E-state index contributed by atoms with van der Waals surface area (Å²) in [5.41, 5.74) is 4.78. The van der Waals surface area contributed by atoms with Crippen LogP contribution in [-0.4, -0.2) is 20.9 Å². The Kier molecular flexibility index (Phi) is 7.82. The summed E-state index contributed by atoms with van der Waals surface area (Å²) >= 11 is 6.31. The second-order valence-electron chi connectivity index (χ2n) is 8.97. The van der Waals surface area contributed by atoms with Crippen molar-refractivity contribution in [2.45, 2.75) is 56.9 Å². The standard InChI is InChI=1S/C28H31ClN2O3S/c1-3-26(23-17-16-21-10-7-8-11-22(21)18-23)30-28(32)19-31(27-15-9-14-25(29)20(27)2)35(33,34)24-12-5-4-6-13-24/h4-6,9,12-18,26H,3,7-8,10-11,19H2,1-2H3,(H,30,32)/t26-/m0/s1. The molecule has 35 heavy (non-hydrogen) atoms. The van der Waals surface area contributed by atoms with E-state index in [-0.39, 0.29) is 23.4 Å². The minimum absolute atomic E-state index is 0.119. The van der Waals surface area contributed by atoms with Crippen molar-refractivity contribution in [1.82, 2.24) is 5.32 Å². The largest absolute Gasteiger partial charge is 0.348 e. The molecule has 7 heteroatoms. The van der Waals surface area contributed by atoms with Crippen molar-refractivity contribution in [3.63, 3.8) is 0 Å². The number of rotatable bonds is 8. The molecule has 3 aromatic carbocycles. The Balaban J connectivity index is 1.62. The monoisotopic (exact) mass is 510 g/mol. The van der Waals surface area contributed by atoms with Crippen molar-refractivity contribution in [3.8, 4) is 0 Å². The van der Waals surface area contributed by atoms with Gasteiger partial charge in [0.15, 0.2) is 0 Å². The van der Waals surface area contributed by atoms with Crippen molar-refractivity contribution in [3.05, 3.63) is 94.0 Å². The van der Waals surface area contributed by atoms with Gasteiger partial charge in [0.25, 0.3) is 10.0 Å². The van der Waals surface area contributed by atoms with E-state index in [4.69, 9.17) is 11.6 Å². The number of halogens is 1. The molecule has 1 atom stereocenters. The van der Waals surface area contributed by atoms with E-state index in [9.17, 15) is 13.2 Å². The van der Waals surface area contributed by atoms with Crippen LogP contribution in [0.4, 0.5) is 5.69 Å². The van der Waals surface area contributed by atoms with Gasteiger partial charge >= 0.3 is 0 Å². The minimum atomic E-state index is -3.99. The zero-order valence-corrected chi connectivity index (χ0v) is 21.7. The summed E-state index contributed by atoms with van der Waals surface area (Å²) in [6, 6.07) is 19.5. The Bertz CT molecular complexity index is 1310. The second-order valence-corrected chi connectivity index (χ2v) is 11.2. The summed E-state index contributed by atoms with van der Waals surface area (Å²) < 4.78 is 28.4. The van der Waals surface area contributed by atoms with Crippen LogP contribution in [0.1, 0.15) is 54.5 Å². The van der Waals surface area contributed by atoms with Gasteiger partial charge in [-0.05, 0) is 85.5 Å². The Hall–Kier alpha value is -2.83. The van der Waals surface area contributed by atoms with E-state index in [0.29, 0.717) is 22.7 Å². The molecule has 0 aliphatic heterocycles. The molecule has 0 saturated carbocycles. The van der Waals surface area contributed by atoms with Crippen molar-refractivity contribution < 1.29 is 13.2 Å². The van der Waals surface area contributed by atoms with E-state index >= 15 is 0 Å². The molecule has 0 bridgehead atoms. The number of amides is 1. The average Bonchev–Trinajstić information content (AvgIpc) is 2.88. The van der Waals surface area contributed by atoms with Gasteiger partial charge in [0.2, 0.25) is 5.91 Å². The van der Waals surface area contributed by atoms with Gasteiger partial charge in [-0.15, -0.1) is 0 Å². The van der Waals surface area contributed by atoms with Crippen molar-refractivity contribution >= 4 is 33.2 Å². The molecule has 1 aliphatic carbocycles. The van der Waals surface area contributed by atoms with Crippen molar-refractivity contribution in [1.29, 1.82) is 0 Å². The van der Waals surface area contributed by atoms with Crippen LogP contribution in [0.3, 0.4) is 0 Å². The summed E-state index contributed by atoms with van der Waals surface area (Å²) in [7, 11) is -3.99. The highest BCUT2D eigenvalue weighted by Crippen LogP contribution is 2.31. The normalized spacial score (nSPS) is 14.1. The van der Waals surface area contributed by atoms with Gasteiger partial charge in [-0.2, -0.15) is 0 Å². The average molecular weight is 511 g/mol. The Morgan fingerprint density at radius 2 is 1.71 bits per heavy atom. The number of nitrogens with zero attached hydrogens (tertiary/aromatic N) is 1. The molecule has 5 nitrogen and oxygen atoms in total. The van der Waals surface area contributed by atoms with Crippen LogP contribution >= 0.6 is 11.6 Å². The fourth-order valence-corrected chi connectivity index (χ4v) is 6.32. The third-order valence-electron chi connectivity index (χ3n) is 6.64. The number of carbonyl (C=O) groups is 1. The van der Waals surface area contributed by atoms with Crippen molar-refractivity contribution in [2.24, 2.45) is 0 Å². The fraction of sp³-hybridized carbons (Fsp3) is 0.321. The lowest BCUT2D eigenvalue weighted by atomic mass is 9.89. The first-order chi connectivity index (χ1) is 16.8. The number of anilines is 1. The van der Waals surface area contributed by atoms with Gasteiger partial charge in [-0.25, -0.2) is 8.42 Å². The maximum atomic E-state index is 13.6. The highest BCUT2D eigenvalue weighted by molar-refractivity contribution is 7.92. The van der Waals surface area contributed by atoms with Gasteiger partial charge in [-0.3, -0.25) is 9.10 Å². The molecule has 4 rings (SSSR count). The smallest absolute Gasteiger partial charge is 0.264 e. The maximum absolute atomic E-state index is 13.6. The third-order valence-corrected chi connectivity index (χ3v) is 8.83. The highest BCUT2D eigenvalue weighted by Gasteiger charge is 2.29. The molecule has 3 aromatic rings. The Morgan fingerprint density at radius 3 is 2.43 bits per heavy atom. The molecule has 0 aromatic heterocycles. The predicted molar refractivity (Wildman–Crippen MR) is 141 cm³/mol. The first-order valence-corrected chi connectivity index (χ1v) is 13.9. The van der Waals surface area contributed by atoms with E-state index in [2.05, 4.69) is 23.5 Å². The van der Waals surface area contributed by atoms with E-state index in [0.717, 1.165) is 22.7 Å². The van der Waals surface area contributed by atoms with Crippen LogP contribution in [0.5, 0.6) is 0 Å². The lowest BCUT2D eigenvalue weighted by Crippen LogP contribution is -2.42. The van der Waals surface area contributed by atoms with E-state index < -0.39 is 10.0 Å². The molecule has 1 aliphatic rings. The molecular formula is C28H31ClN2O3S. The summed E-state index contributed by atoms with van der Waals surface area (Å²) in [6.07, 6.45) is 5.26. The van der Waals surface area contributed by atoms with Crippen LogP contribution in [0, 0.1) is 6.92 Å². The number of benzene rings is 3. The predicted octanol–water partition coefficient (Wildman–Crippen LogP) is 5.99. The highest BCUT2D eigenvalue weighted by atomic mass is 35.5. The van der Waals surface area contributed by atoms with Crippen LogP contribution < -0.4 is 9.62 Å². The molecule has 0 fully saturated rings. The SMILES string of the molecule is CC[C@H](NC(=O)CN(c1cccc(Cl)c1C)S(=O)(=O)c1ccccc1)c1ccc2c(c1)CCCC2. The molecule has 0 spiro atoms. The maximum Gasteiger partial charge on any atom is 0.264 e. The lowest BCUT2D eigenvalue weighted by molar-refractivity contribution is -0.120. The number of sulfonamides is 1. The molecule has 0 unspecified atom stereocenters. The lowest BCUT2D eigenvalue weighted by Gasteiger charge is -2.27. The van der Waals surface area contributed by atoms with E-state index in [1.807, 2.05) is 6.92 Å². The zero-order valence-electron chi connectivity index (χ0n) is 20.1. The Morgan fingerprint density at radius 1 is 1.00 bits per heavy atom. The van der Waals surface area contributed by atoms with Crippen LogP contribution in [0.15, 0.2) is 71.6 Å². The van der Waals surface area contributed by atoms with Crippen LogP contribution in [0.2, 0.25) is 5.02 Å². The second kappa shape index (κ2) is 10.8. The first-order valence-electron chi connectivity index (χ1n) is 12.0. The zero-order chi connectivity index (χ0) is 25.0. The van der Waals surface area contributed by atoms with Gasteiger partial charge in [0, 0.05) is 5.02 Å². The summed E-state index contributed by atoms with van der Waals surface area (Å²) in [6.45, 7) is 3.43.